The zero-order valence-electron chi connectivity index (χ0n) is 10.2. The van der Waals surface area contributed by atoms with E-state index in [0.717, 1.165) is 16.1 Å². The van der Waals surface area contributed by atoms with Gasteiger partial charge in [-0.3, -0.25) is 4.98 Å². The fourth-order valence-corrected chi connectivity index (χ4v) is 2.64. The minimum Gasteiger partial charge on any atom is -0.465 e. The summed E-state index contributed by atoms with van der Waals surface area (Å²) in [4.78, 5) is 20.4. The van der Waals surface area contributed by atoms with Crippen molar-refractivity contribution in [2.45, 2.75) is 11.9 Å². The number of aryl methyl sites for hydroxylation is 1. The number of hydrogen-bond donors (Lipinski definition) is 0. The minimum atomic E-state index is -0.426. The molecule has 0 amide bonds. The molecule has 0 atom stereocenters. The second-order valence-corrected chi connectivity index (χ2v) is 5.28. The zero-order chi connectivity index (χ0) is 13.3. The topological polar surface area (TPSA) is 52.1 Å². The van der Waals surface area contributed by atoms with Crippen LogP contribution in [0.5, 0.6) is 0 Å². The first kappa shape index (κ1) is 13.3. The summed E-state index contributed by atoms with van der Waals surface area (Å²) in [6.07, 6.45) is 3.46. The minimum absolute atomic E-state index is 0.384. The fraction of sp³-hybridized carbons (Fsp3) is 0.250. The number of aromatic nitrogens is 2. The molecule has 0 spiro atoms. The van der Waals surface area contributed by atoms with E-state index in [4.69, 9.17) is 4.74 Å². The lowest BCUT2D eigenvalue weighted by molar-refractivity contribution is 0.0599. The number of esters is 1. The largest absolute Gasteiger partial charge is 0.465 e. The Balaban J connectivity index is 2.76. The summed E-state index contributed by atoms with van der Waals surface area (Å²) in [6.45, 7) is 1.97. The highest BCUT2D eigenvalue weighted by Crippen LogP contribution is 2.29. The summed E-state index contributed by atoms with van der Waals surface area (Å²) in [5.41, 5.74) is 2.88. The van der Waals surface area contributed by atoms with Crippen molar-refractivity contribution in [1.29, 1.82) is 0 Å². The van der Waals surface area contributed by atoms with Gasteiger partial charge in [0.2, 0.25) is 0 Å². The van der Waals surface area contributed by atoms with E-state index in [2.05, 4.69) is 25.9 Å². The van der Waals surface area contributed by atoms with Crippen LogP contribution in [0.1, 0.15) is 15.9 Å². The van der Waals surface area contributed by atoms with E-state index in [-0.39, 0.29) is 0 Å². The van der Waals surface area contributed by atoms with Gasteiger partial charge >= 0.3 is 5.97 Å². The van der Waals surface area contributed by atoms with Gasteiger partial charge in [0.15, 0.2) is 0 Å². The first-order chi connectivity index (χ1) is 8.58. The Labute approximate surface area is 117 Å². The number of rotatable bonds is 2. The third kappa shape index (κ3) is 2.22. The van der Waals surface area contributed by atoms with Gasteiger partial charge < -0.3 is 4.74 Å². The summed E-state index contributed by atoms with van der Waals surface area (Å²) in [5, 5.41) is 0.893. The van der Waals surface area contributed by atoms with E-state index in [1.807, 2.05) is 19.2 Å². The molecule has 18 heavy (non-hydrogen) atoms. The van der Waals surface area contributed by atoms with Crippen LogP contribution in [0.2, 0.25) is 0 Å². The van der Waals surface area contributed by atoms with Crippen molar-refractivity contribution in [3.05, 3.63) is 27.9 Å². The number of ether oxygens (including phenoxy) is 1. The number of methoxy groups -OCH3 is 1. The zero-order valence-corrected chi connectivity index (χ0v) is 12.6. The predicted molar refractivity (Wildman–Crippen MR) is 75.1 cm³/mol. The van der Waals surface area contributed by atoms with Crippen molar-refractivity contribution in [1.82, 2.24) is 9.97 Å². The van der Waals surface area contributed by atoms with Gasteiger partial charge in [-0.25, -0.2) is 9.78 Å². The van der Waals surface area contributed by atoms with E-state index in [9.17, 15) is 4.79 Å². The molecule has 2 rings (SSSR count). The average Bonchev–Trinajstić information content (AvgIpc) is 2.38. The van der Waals surface area contributed by atoms with E-state index in [0.29, 0.717) is 15.6 Å². The molecular weight excluding hydrogens is 316 g/mol. The number of hydrogen-bond acceptors (Lipinski definition) is 5. The van der Waals surface area contributed by atoms with E-state index in [1.54, 1.807) is 11.8 Å². The van der Waals surface area contributed by atoms with E-state index < -0.39 is 5.97 Å². The van der Waals surface area contributed by atoms with Crippen LogP contribution in [0.3, 0.4) is 0 Å². The van der Waals surface area contributed by atoms with Gasteiger partial charge in [-0.1, -0.05) is 0 Å². The van der Waals surface area contributed by atoms with Gasteiger partial charge in [-0.05, 0) is 40.7 Å². The van der Waals surface area contributed by atoms with Crippen molar-refractivity contribution in [3.63, 3.8) is 0 Å². The number of thioether (sulfide) groups is 1. The van der Waals surface area contributed by atoms with Gasteiger partial charge in [0.1, 0.15) is 5.52 Å². The quantitative estimate of drug-likeness (QED) is 0.626. The Morgan fingerprint density at radius 1 is 1.44 bits per heavy atom. The molecule has 2 heterocycles. The lowest BCUT2D eigenvalue weighted by Crippen LogP contribution is -2.04. The van der Waals surface area contributed by atoms with Gasteiger partial charge in [-0.2, -0.15) is 0 Å². The Morgan fingerprint density at radius 2 is 2.17 bits per heavy atom. The monoisotopic (exact) mass is 326 g/mol. The number of nitrogens with zero attached hydrogens (tertiary/aromatic N) is 2. The summed E-state index contributed by atoms with van der Waals surface area (Å²) in [6, 6.07) is 1.98. The summed E-state index contributed by atoms with van der Waals surface area (Å²) >= 11 is 4.96. The molecule has 4 nitrogen and oxygen atoms in total. The van der Waals surface area contributed by atoms with Crippen LogP contribution in [-0.4, -0.2) is 29.3 Å². The lowest BCUT2D eigenvalue weighted by atomic mass is 10.2. The Hall–Kier alpha value is -1.14. The van der Waals surface area contributed by atoms with Gasteiger partial charge in [0.05, 0.1) is 27.7 Å². The van der Waals surface area contributed by atoms with E-state index >= 15 is 0 Å². The van der Waals surface area contributed by atoms with Crippen LogP contribution in [0.15, 0.2) is 21.8 Å². The first-order valence-corrected chi connectivity index (χ1v) is 7.18. The maximum atomic E-state index is 11.6. The summed E-state index contributed by atoms with van der Waals surface area (Å²) in [5.74, 6) is -0.426. The molecule has 2 aromatic rings. The third-order valence-corrected chi connectivity index (χ3v) is 3.97. The van der Waals surface area contributed by atoms with Gasteiger partial charge in [0, 0.05) is 6.20 Å². The molecular formula is C12H11BrN2O2S. The standard InChI is InChI=1S/C12H11BrN2O2S/c1-6-4-8(18-3)15-11-9(13)7(12(16)17-2)5-14-10(6)11/h4-5H,1-3H3. The molecule has 0 saturated carbocycles. The number of carbonyl (C=O) groups excluding carboxylic acids is 1. The van der Waals surface area contributed by atoms with Gasteiger partial charge in [0.25, 0.3) is 0 Å². The number of halogens is 1. The molecule has 0 saturated heterocycles. The van der Waals surface area contributed by atoms with Gasteiger partial charge in [-0.15, -0.1) is 11.8 Å². The van der Waals surface area contributed by atoms with Crippen molar-refractivity contribution < 1.29 is 9.53 Å². The predicted octanol–water partition coefficient (Wildman–Crippen LogP) is 3.21. The maximum absolute atomic E-state index is 11.6. The first-order valence-electron chi connectivity index (χ1n) is 5.16. The van der Waals surface area contributed by atoms with E-state index in [1.165, 1.54) is 13.3 Å². The average molecular weight is 327 g/mol. The Kier molecular flexibility index (Phi) is 3.87. The molecule has 0 unspecified atom stereocenters. The van der Waals surface area contributed by atoms with Crippen LogP contribution >= 0.6 is 27.7 Å². The van der Waals surface area contributed by atoms with Crippen LogP contribution < -0.4 is 0 Å². The molecule has 0 fully saturated rings. The number of carbonyl (C=O) groups is 1. The highest BCUT2D eigenvalue weighted by Gasteiger charge is 2.16. The maximum Gasteiger partial charge on any atom is 0.340 e. The molecule has 0 N–H and O–H groups in total. The van der Waals surface area contributed by atoms with Crippen molar-refractivity contribution in [2.24, 2.45) is 0 Å². The lowest BCUT2D eigenvalue weighted by Gasteiger charge is -2.08. The van der Waals surface area contributed by atoms with Crippen molar-refractivity contribution in [2.75, 3.05) is 13.4 Å². The summed E-state index contributed by atoms with van der Waals surface area (Å²) < 4.78 is 5.33. The molecule has 94 valence electrons. The molecule has 0 bridgehead atoms. The van der Waals surface area contributed by atoms with Crippen LogP contribution in [0, 0.1) is 6.92 Å². The van der Waals surface area contributed by atoms with Crippen LogP contribution in [0.25, 0.3) is 11.0 Å². The van der Waals surface area contributed by atoms with Crippen LogP contribution in [-0.2, 0) is 4.74 Å². The Morgan fingerprint density at radius 3 is 2.78 bits per heavy atom. The highest BCUT2D eigenvalue weighted by molar-refractivity contribution is 9.10. The van der Waals surface area contributed by atoms with Crippen molar-refractivity contribution in [3.8, 4) is 0 Å². The van der Waals surface area contributed by atoms with Crippen LogP contribution in [0.4, 0.5) is 0 Å². The second-order valence-electron chi connectivity index (χ2n) is 3.66. The Bertz CT molecular complexity index is 631. The molecule has 6 heteroatoms. The third-order valence-electron chi connectivity index (χ3n) is 2.54. The summed E-state index contributed by atoms with van der Waals surface area (Å²) in [7, 11) is 1.34. The number of fused-ring (bicyclic) bond motifs is 1. The molecule has 0 radical (unpaired) electrons. The second kappa shape index (κ2) is 5.24. The molecule has 2 aromatic heterocycles. The SMILES string of the molecule is COC(=O)c1cnc2c(C)cc(SC)nc2c1Br. The fourth-order valence-electron chi connectivity index (χ4n) is 1.62. The molecule has 0 aliphatic heterocycles. The molecule has 0 aliphatic rings. The normalized spacial score (nSPS) is 10.7. The van der Waals surface area contributed by atoms with Crippen molar-refractivity contribution >= 4 is 44.7 Å². The number of pyridine rings is 2. The molecule has 0 aliphatic carbocycles. The highest BCUT2D eigenvalue weighted by atomic mass is 79.9. The molecule has 0 aromatic carbocycles. The smallest absolute Gasteiger partial charge is 0.340 e.